The number of Topliss-reactive ketones (excluding diaryl/α,β-unsaturated/α-hetero) is 1. The summed E-state index contributed by atoms with van der Waals surface area (Å²) < 4.78 is 35.8. The minimum Gasteiger partial charge on any atom is -0.493 e. The quantitative estimate of drug-likeness (QED) is 0.235. The van der Waals surface area contributed by atoms with Crippen molar-refractivity contribution in [1.82, 2.24) is 4.98 Å². The Hall–Kier alpha value is -3.97. The highest BCUT2D eigenvalue weighted by atomic mass is 35.5. The Labute approximate surface area is 211 Å². The fourth-order valence-electron chi connectivity index (χ4n) is 4.02. The third-order valence-electron chi connectivity index (χ3n) is 5.71. The monoisotopic (exact) mass is 509 g/mol. The summed E-state index contributed by atoms with van der Waals surface area (Å²) >= 11 is 5.88. The molecule has 0 amide bonds. The second-order valence-corrected chi connectivity index (χ2v) is 8.56. The van der Waals surface area contributed by atoms with Crippen molar-refractivity contribution in [2.75, 3.05) is 6.61 Å². The molecule has 2 N–H and O–H groups in total. The number of carbonyl (C=O) groups excluding carboxylic acids is 1. The fraction of sp³-hybridized carbons (Fsp3) is 0.143. The summed E-state index contributed by atoms with van der Waals surface area (Å²) in [6, 6.07) is 16.1. The Kier molecular flexibility index (Phi) is 7.50. The minimum atomic E-state index is -1.39. The van der Waals surface area contributed by atoms with Crippen molar-refractivity contribution < 1.29 is 28.2 Å². The zero-order chi connectivity index (χ0) is 25.8. The smallest absolute Gasteiger partial charge is 0.338 e. The predicted molar refractivity (Wildman–Crippen MR) is 133 cm³/mol. The fourth-order valence-corrected chi connectivity index (χ4v) is 4.18. The maximum Gasteiger partial charge on any atom is 0.338 e. The van der Waals surface area contributed by atoms with Crippen molar-refractivity contribution >= 4 is 23.4 Å². The molecule has 0 aliphatic heterocycles. The molecule has 0 spiro atoms. The Balaban J connectivity index is 1.92. The molecule has 36 heavy (non-hydrogen) atoms. The van der Waals surface area contributed by atoms with Gasteiger partial charge in [0, 0.05) is 28.0 Å². The molecular weight excluding hydrogens is 488 g/mol. The number of aromatic nitrogens is 1. The van der Waals surface area contributed by atoms with Crippen molar-refractivity contribution in [3.8, 4) is 16.9 Å². The van der Waals surface area contributed by atoms with E-state index in [9.17, 15) is 19.1 Å². The van der Waals surface area contributed by atoms with Crippen LogP contribution in [0.4, 0.5) is 8.78 Å². The van der Waals surface area contributed by atoms with Gasteiger partial charge in [0.2, 0.25) is 0 Å². The summed E-state index contributed by atoms with van der Waals surface area (Å²) in [5, 5.41) is 9.49. The van der Waals surface area contributed by atoms with Gasteiger partial charge in [0.1, 0.15) is 17.4 Å². The average molecular weight is 510 g/mol. The van der Waals surface area contributed by atoms with Crippen molar-refractivity contribution in [1.29, 1.82) is 0 Å². The van der Waals surface area contributed by atoms with Crippen molar-refractivity contribution in [2.24, 2.45) is 0 Å². The lowest BCUT2D eigenvalue weighted by Gasteiger charge is -2.21. The summed E-state index contributed by atoms with van der Waals surface area (Å²) in [5.41, 5.74) is 0.616. The number of hydrogen-bond donors (Lipinski definition) is 2. The van der Waals surface area contributed by atoms with E-state index < -0.39 is 34.9 Å². The predicted octanol–water partition coefficient (Wildman–Crippen LogP) is 7.12. The van der Waals surface area contributed by atoms with Crippen LogP contribution in [0.1, 0.15) is 51.2 Å². The number of rotatable bonds is 9. The van der Waals surface area contributed by atoms with Gasteiger partial charge < -0.3 is 14.8 Å². The van der Waals surface area contributed by atoms with E-state index in [0.717, 1.165) is 6.07 Å². The summed E-state index contributed by atoms with van der Waals surface area (Å²) in [5.74, 6) is -4.26. The normalized spacial score (nSPS) is 11.8. The number of ketones is 1. The van der Waals surface area contributed by atoms with Crippen molar-refractivity contribution in [3.63, 3.8) is 0 Å². The summed E-state index contributed by atoms with van der Waals surface area (Å²) in [6.45, 7) is 2.29. The molecule has 5 nitrogen and oxygen atoms in total. The van der Waals surface area contributed by atoms with Crippen LogP contribution in [0, 0.1) is 11.6 Å². The second kappa shape index (κ2) is 10.7. The topological polar surface area (TPSA) is 79.4 Å². The number of halogens is 3. The first-order valence-corrected chi connectivity index (χ1v) is 11.6. The Bertz CT molecular complexity index is 1420. The van der Waals surface area contributed by atoms with E-state index >= 15 is 4.39 Å². The minimum absolute atomic E-state index is 0.0496. The van der Waals surface area contributed by atoms with Gasteiger partial charge in [-0.1, -0.05) is 36.7 Å². The lowest BCUT2D eigenvalue weighted by Crippen LogP contribution is -2.18. The summed E-state index contributed by atoms with van der Waals surface area (Å²) in [7, 11) is 0. The van der Waals surface area contributed by atoms with Gasteiger partial charge in [-0.3, -0.25) is 4.79 Å². The Morgan fingerprint density at radius 3 is 2.50 bits per heavy atom. The van der Waals surface area contributed by atoms with Crippen LogP contribution < -0.4 is 4.74 Å². The third-order valence-corrected chi connectivity index (χ3v) is 5.95. The molecule has 184 valence electrons. The maximum atomic E-state index is 15.1. The number of carboxylic acids is 1. The van der Waals surface area contributed by atoms with Crippen molar-refractivity contribution in [2.45, 2.75) is 19.3 Å². The SMILES string of the molecule is CCCOc1ccc(-c2cccc(C(=O)O)c2F)cc1C(C(=O)c1ccc(Cl)cc1F)c1ccc[nH]1. The molecule has 3 aromatic carbocycles. The summed E-state index contributed by atoms with van der Waals surface area (Å²) in [6.07, 6.45) is 2.34. The standard InChI is InChI=1S/C28H22ClF2NO4/c1-2-13-36-24-11-8-16(18-5-3-6-20(26(18)31)28(34)35)14-21(24)25(23-7-4-12-32-23)27(33)19-10-9-17(29)15-22(19)30/h3-12,14-15,25,32H,2,13H2,1H3,(H,34,35). The first-order chi connectivity index (χ1) is 17.3. The molecule has 0 fully saturated rings. The highest BCUT2D eigenvalue weighted by Crippen LogP contribution is 2.38. The van der Waals surface area contributed by atoms with Crippen LogP contribution >= 0.6 is 11.6 Å². The molecule has 0 radical (unpaired) electrons. The molecule has 4 aromatic rings. The number of hydrogen-bond acceptors (Lipinski definition) is 3. The number of ether oxygens (including phenoxy) is 1. The van der Waals surface area contributed by atoms with Crippen LogP contribution in [0.25, 0.3) is 11.1 Å². The van der Waals surface area contributed by atoms with E-state index in [0.29, 0.717) is 35.6 Å². The zero-order valence-corrected chi connectivity index (χ0v) is 20.0. The molecule has 1 atom stereocenters. The van der Waals surface area contributed by atoms with Crippen LogP contribution in [0.5, 0.6) is 5.75 Å². The molecule has 0 saturated heterocycles. The number of carboxylic acid groups (broad SMARTS) is 1. The van der Waals surface area contributed by atoms with Crippen LogP contribution in [0.15, 0.2) is 72.9 Å². The third kappa shape index (κ3) is 5.02. The molecule has 0 bridgehead atoms. The van der Waals surface area contributed by atoms with Crippen LogP contribution in [-0.4, -0.2) is 28.4 Å². The zero-order valence-electron chi connectivity index (χ0n) is 19.2. The van der Waals surface area contributed by atoms with E-state index in [1.165, 1.54) is 30.3 Å². The van der Waals surface area contributed by atoms with Gasteiger partial charge in [-0.05, 0) is 60.5 Å². The average Bonchev–Trinajstić information content (AvgIpc) is 3.37. The van der Waals surface area contributed by atoms with Gasteiger partial charge in [-0.15, -0.1) is 0 Å². The highest BCUT2D eigenvalue weighted by Gasteiger charge is 2.30. The first kappa shape index (κ1) is 25.1. The van der Waals surface area contributed by atoms with E-state index in [4.69, 9.17) is 16.3 Å². The molecule has 0 aliphatic rings. The molecule has 0 saturated carbocycles. The number of aromatic amines is 1. The molecular formula is C28H22ClF2NO4. The number of carbonyl (C=O) groups is 2. The van der Waals surface area contributed by atoms with E-state index in [-0.39, 0.29) is 16.1 Å². The van der Waals surface area contributed by atoms with Crippen LogP contribution in [-0.2, 0) is 0 Å². The Morgan fingerprint density at radius 2 is 1.83 bits per heavy atom. The van der Waals surface area contributed by atoms with Gasteiger partial charge in [-0.2, -0.15) is 0 Å². The number of nitrogens with one attached hydrogen (secondary N) is 1. The van der Waals surface area contributed by atoms with Gasteiger partial charge in [0.15, 0.2) is 5.78 Å². The lowest BCUT2D eigenvalue weighted by molar-refractivity contribution is 0.0691. The van der Waals surface area contributed by atoms with Crippen LogP contribution in [0.3, 0.4) is 0 Å². The van der Waals surface area contributed by atoms with Crippen molar-refractivity contribution in [3.05, 3.63) is 112 Å². The molecule has 1 aromatic heterocycles. The van der Waals surface area contributed by atoms with Gasteiger partial charge >= 0.3 is 5.97 Å². The summed E-state index contributed by atoms with van der Waals surface area (Å²) in [4.78, 5) is 28.2. The van der Waals surface area contributed by atoms with E-state index in [1.54, 1.807) is 36.5 Å². The Morgan fingerprint density at radius 1 is 1.03 bits per heavy atom. The molecule has 1 unspecified atom stereocenters. The molecule has 8 heteroatoms. The van der Waals surface area contributed by atoms with Gasteiger partial charge in [0.05, 0.1) is 23.7 Å². The maximum absolute atomic E-state index is 15.1. The molecule has 0 aliphatic carbocycles. The van der Waals surface area contributed by atoms with Gasteiger partial charge in [-0.25, -0.2) is 13.6 Å². The number of H-pyrrole nitrogens is 1. The second-order valence-electron chi connectivity index (χ2n) is 8.12. The van der Waals surface area contributed by atoms with E-state index in [1.807, 2.05) is 6.92 Å². The number of aromatic carboxylic acids is 1. The molecule has 1 heterocycles. The lowest BCUT2D eigenvalue weighted by atomic mass is 9.85. The van der Waals surface area contributed by atoms with Gasteiger partial charge in [0.25, 0.3) is 0 Å². The largest absolute Gasteiger partial charge is 0.493 e. The molecule has 4 rings (SSSR count). The first-order valence-electron chi connectivity index (χ1n) is 11.2. The van der Waals surface area contributed by atoms with E-state index in [2.05, 4.69) is 4.98 Å². The van der Waals surface area contributed by atoms with Crippen LogP contribution in [0.2, 0.25) is 5.02 Å². The highest BCUT2D eigenvalue weighted by molar-refractivity contribution is 6.30. The number of benzene rings is 3.